The quantitative estimate of drug-likeness (QED) is 0.645. The number of hydrogen-bond acceptors (Lipinski definition) is 3. The van der Waals surface area contributed by atoms with Crippen LogP contribution in [0.5, 0.6) is 0 Å². The summed E-state index contributed by atoms with van der Waals surface area (Å²) in [6.45, 7) is 2.34. The molecule has 1 atom stereocenters. The molecule has 74 valence electrons. The molecule has 0 saturated carbocycles. The number of nitrogens with one attached hydrogen (secondary N) is 1. The Labute approximate surface area is 79.5 Å². The van der Waals surface area contributed by atoms with Crippen molar-refractivity contribution in [2.45, 2.75) is 19.5 Å². The Bertz CT molecular complexity index is 410. The van der Waals surface area contributed by atoms with Gasteiger partial charge in [-0.3, -0.25) is 9.48 Å². The summed E-state index contributed by atoms with van der Waals surface area (Å²) in [5, 5.41) is 15.3. The first-order valence-corrected chi connectivity index (χ1v) is 4.19. The maximum atomic E-state index is 11.4. The van der Waals surface area contributed by atoms with Gasteiger partial charge in [0.15, 0.2) is 0 Å². The highest BCUT2D eigenvalue weighted by atomic mass is 16.4. The number of carboxylic acid groups (broad SMARTS) is 1. The molecule has 0 spiro atoms. The minimum atomic E-state index is -1.13. The maximum absolute atomic E-state index is 11.4. The van der Waals surface area contributed by atoms with Crippen molar-refractivity contribution in [3.05, 3.63) is 17.5 Å². The number of rotatable bonds is 1. The van der Waals surface area contributed by atoms with Gasteiger partial charge in [0.1, 0.15) is 11.3 Å². The molecule has 0 radical (unpaired) electrons. The molecular formula is C8H9N3O3. The summed E-state index contributed by atoms with van der Waals surface area (Å²) >= 11 is 0. The SMILES string of the molecule is C[C@H]1Cn2ncc(C(=O)O)c2C(=O)N1. The van der Waals surface area contributed by atoms with Crippen LogP contribution in [0.3, 0.4) is 0 Å². The largest absolute Gasteiger partial charge is 0.478 e. The van der Waals surface area contributed by atoms with E-state index in [1.165, 1.54) is 10.9 Å². The fourth-order valence-electron chi connectivity index (χ4n) is 1.52. The Morgan fingerprint density at radius 2 is 2.50 bits per heavy atom. The summed E-state index contributed by atoms with van der Waals surface area (Å²) in [6, 6.07) is -0.0171. The third-order valence-electron chi connectivity index (χ3n) is 2.11. The van der Waals surface area contributed by atoms with E-state index < -0.39 is 5.97 Å². The predicted molar refractivity (Wildman–Crippen MR) is 46.1 cm³/mol. The van der Waals surface area contributed by atoms with E-state index in [9.17, 15) is 9.59 Å². The summed E-state index contributed by atoms with van der Waals surface area (Å²) in [7, 11) is 0. The van der Waals surface area contributed by atoms with Crippen LogP contribution in [0.4, 0.5) is 0 Å². The van der Waals surface area contributed by atoms with Gasteiger partial charge in [-0.2, -0.15) is 5.10 Å². The van der Waals surface area contributed by atoms with E-state index in [0.717, 1.165) is 0 Å². The first kappa shape index (κ1) is 8.74. The molecule has 1 aromatic rings. The van der Waals surface area contributed by atoms with Crippen LogP contribution in [0.1, 0.15) is 27.8 Å². The molecule has 2 N–H and O–H groups in total. The monoisotopic (exact) mass is 195 g/mol. The van der Waals surface area contributed by atoms with E-state index in [1.807, 2.05) is 6.92 Å². The van der Waals surface area contributed by atoms with Crippen LogP contribution >= 0.6 is 0 Å². The van der Waals surface area contributed by atoms with Gasteiger partial charge < -0.3 is 10.4 Å². The second-order valence-electron chi connectivity index (χ2n) is 3.27. The predicted octanol–water partition coefficient (Wildman–Crippen LogP) is -0.287. The lowest BCUT2D eigenvalue weighted by Crippen LogP contribution is -2.43. The van der Waals surface area contributed by atoms with Gasteiger partial charge in [-0.15, -0.1) is 0 Å². The summed E-state index contributed by atoms with van der Waals surface area (Å²) in [5.41, 5.74) is 0.0880. The van der Waals surface area contributed by atoms with Gasteiger partial charge in [-0.1, -0.05) is 0 Å². The molecule has 2 rings (SSSR count). The van der Waals surface area contributed by atoms with Crippen molar-refractivity contribution in [2.24, 2.45) is 0 Å². The highest BCUT2D eigenvalue weighted by Crippen LogP contribution is 2.13. The molecule has 6 heteroatoms. The van der Waals surface area contributed by atoms with E-state index >= 15 is 0 Å². The normalized spacial score (nSPS) is 20.1. The number of carbonyl (C=O) groups is 2. The standard InChI is InChI=1S/C8H9N3O3/c1-4-3-11-6(7(12)10-4)5(2-9-11)8(13)14/h2,4H,3H2,1H3,(H,10,12)(H,13,14)/t4-/m0/s1. The number of carboxylic acids is 1. The van der Waals surface area contributed by atoms with Gasteiger partial charge in [0, 0.05) is 6.04 Å². The van der Waals surface area contributed by atoms with Gasteiger partial charge in [0.2, 0.25) is 0 Å². The van der Waals surface area contributed by atoms with Crippen molar-refractivity contribution in [3.8, 4) is 0 Å². The number of amides is 1. The molecule has 14 heavy (non-hydrogen) atoms. The Morgan fingerprint density at radius 1 is 1.79 bits per heavy atom. The number of aromatic carboxylic acids is 1. The van der Waals surface area contributed by atoms with E-state index in [0.29, 0.717) is 6.54 Å². The highest BCUT2D eigenvalue weighted by molar-refractivity contribution is 6.03. The molecule has 2 heterocycles. The van der Waals surface area contributed by atoms with Crippen molar-refractivity contribution < 1.29 is 14.7 Å². The van der Waals surface area contributed by atoms with Gasteiger partial charge >= 0.3 is 5.97 Å². The fraction of sp³-hybridized carbons (Fsp3) is 0.375. The number of fused-ring (bicyclic) bond motifs is 1. The van der Waals surface area contributed by atoms with Crippen LogP contribution in [-0.2, 0) is 6.54 Å². The minimum Gasteiger partial charge on any atom is -0.478 e. The first-order chi connectivity index (χ1) is 6.59. The molecule has 6 nitrogen and oxygen atoms in total. The number of carbonyl (C=O) groups excluding carboxylic acids is 1. The zero-order chi connectivity index (χ0) is 10.3. The van der Waals surface area contributed by atoms with Gasteiger partial charge in [-0.05, 0) is 6.92 Å². The summed E-state index contributed by atoms with van der Waals surface area (Å²) in [4.78, 5) is 22.2. The molecule has 0 unspecified atom stereocenters. The van der Waals surface area contributed by atoms with E-state index in [1.54, 1.807) is 0 Å². The van der Waals surface area contributed by atoms with Crippen LogP contribution < -0.4 is 5.32 Å². The number of nitrogens with zero attached hydrogens (tertiary/aromatic N) is 2. The Morgan fingerprint density at radius 3 is 3.14 bits per heavy atom. The highest BCUT2D eigenvalue weighted by Gasteiger charge is 2.28. The smallest absolute Gasteiger partial charge is 0.339 e. The van der Waals surface area contributed by atoms with Gasteiger partial charge in [0.05, 0.1) is 12.7 Å². The Balaban J connectivity index is 2.52. The summed E-state index contributed by atoms with van der Waals surface area (Å²) in [5.74, 6) is -1.50. The zero-order valence-corrected chi connectivity index (χ0v) is 7.52. The Hall–Kier alpha value is -1.85. The van der Waals surface area contributed by atoms with E-state index in [4.69, 9.17) is 5.11 Å². The zero-order valence-electron chi connectivity index (χ0n) is 7.52. The van der Waals surface area contributed by atoms with Crippen LogP contribution in [0.2, 0.25) is 0 Å². The van der Waals surface area contributed by atoms with Crippen LogP contribution in [0.25, 0.3) is 0 Å². The molecule has 1 aliphatic rings. The van der Waals surface area contributed by atoms with Crippen molar-refractivity contribution in [3.63, 3.8) is 0 Å². The molecule has 0 aromatic carbocycles. The second-order valence-corrected chi connectivity index (χ2v) is 3.27. The lowest BCUT2D eigenvalue weighted by molar-refractivity contribution is 0.0688. The van der Waals surface area contributed by atoms with Crippen LogP contribution in [0.15, 0.2) is 6.20 Å². The Kier molecular flexibility index (Phi) is 1.77. The summed E-state index contributed by atoms with van der Waals surface area (Å²) in [6.07, 6.45) is 1.20. The first-order valence-electron chi connectivity index (χ1n) is 4.19. The molecule has 1 aliphatic heterocycles. The topological polar surface area (TPSA) is 84.2 Å². The summed E-state index contributed by atoms with van der Waals surface area (Å²) < 4.78 is 1.42. The average Bonchev–Trinajstić information content (AvgIpc) is 2.47. The molecule has 0 bridgehead atoms. The molecule has 0 fully saturated rings. The van der Waals surface area contributed by atoms with Crippen molar-refractivity contribution in [2.75, 3.05) is 0 Å². The lowest BCUT2D eigenvalue weighted by Gasteiger charge is -2.21. The maximum Gasteiger partial charge on any atom is 0.339 e. The molecule has 1 amide bonds. The fourth-order valence-corrected chi connectivity index (χ4v) is 1.52. The van der Waals surface area contributed by atoms with E-state index in [-0.39, 0.29) is 23.2 Å². The number of aromatic nitrogens is 2. The van der Waals surface area contributed by atoms with Crippen molar-refractivity contribution >= 4 is 11.9 Å². The average molecular weight is 195 g/mol. The molecular weight excluding hydrogens is 186 g/mol. The van der Waals surface area contributed by atoms with Crippen LogP contribution in [0, 0.1) is 0 Å². The van der Waals surface area contributed by atoms with Crippen molar-refractivity contribution in [1.29, 1.82) is 0 Å². The molecule has 0 aliphatic carbocycles. The van der Waals surface area contributed by atoms with Crippen molar-refractivity contribution in [1.82, 2.24) is 15.1 Å². The van der Waals surface area contributed by atoms with Gasteiger partial charge in [-0.25, -0.2) is 4.79 Å². The van der Waals surface area contributed by atoms with Crippen LogP contribution in [-0.4, -0.2) is 32.8 Å². The lowest BCUT2D eigenvalue weighted by atomic mass is 10.2. The second kappa shape index (κ2) is 2.83. The van der Waals surface area contributed by atoms with E-state index in [2.05, 4.69) is 10.4 Å². The van der Waals surface area contributed by atoms with Gasteiger partial charge in [0.25, 0.3) is 5.91 Å². The number of hydrogen-bond donors (Lipinski definition) is 2. The molecule has 0 saturated heterocycles. The third-order valence-corrected chi connectivity index (χ3v) is 2.11. The molecule has 1 aromatic heterocycles. The third kappa shape index (κ3) is 1.15. The minimum absolute atomic E-state index is 0.0171.